The Hall–Kier alpha value is -1.68. The molecule has 0 aliphatic rings. The van der Waals surface area contributed by atoms with Gasteiger partial charge in [0.25, 0.3) is 0 Å². The van der Waals surface area contributed by atoms with Gasteiger partial charge in [-0.25, -0.2) is 0 Å². The Morgan fingerprint density at radius 2 is 2.13 bits per heavy atom. The van der Waals surface area contributed by atoms with Crippen LogP contribution >= 0.6 is 11.6 Å². The van der Waals surface area contributed by atoms with Crippen LogP contribution in [0.25, 0.3) is 10.9 Å². The summed E-state index contributed by atoms with van der Waals surface area (Å²) in [6.45, 7) is -0.216. The molecule has 0 saturated carbocycles. The standard InChI is InChI=1S/C10H8ClNO3/c11-9-3-6-1-2-7(13)4-8(6)12(9)5-10(14)15/h1-4,13H,5H2,(H,14,15). The van der Waals surface area contributed by atoms with Crippen LogP contribution in [-0.4, -0.2) is 20.7 Å². The first-order valence-corrected chi connectivity index (χ1v) is 4.65. The fraction of sp³-hybridized carbons (Fsp3) is 0.100. The summed E-state index contributed by atoms with van der Waals surface area (Å²) in [5, 5.41) is 19.1. The van der Waals surface area contributed by atoms with E-state index in [4.69, 9.17) is 16.7 Å². The van der Waals surface area contributed by atoms with Crippen molar-refractivity contribution in [2.24, 2.45) is 0 Å². The maximum Gasteiger partial charge on any atom is 0.323 e. The van der Waals surface area contributed by atoms with Crippen LogP contribution in [0, 0.1) is 0 Å². The highest BCUT2D eigenvalue weighted by atomic mass is 35.5. The number of benzene rings is 1. The molecule has 2 rings (SSSR count). The van der Waals surface area contributed by atoms with Crippen molar-refractivity contribution in [2.45, 2.75) is 6.54 Å². The van der Waals surface area contributed by atoms with Gasteiger partial charge in [0.2, 0.25) is 0 Å². The van der Waals surface area contributed by atoms with Crippen LogP contribution in [0.5, 0.6) is 5.75 Å². The molecule has 0 aliphatic heterocycles. The largest absolute Gasteiger partial charge is 0.508 e. The molecule has 4 nitrogen and oxygen atoms in total. The second-order valence-electron chi connectivity index (χ2n) is 3.19. The molecule has 0 saturated heterocycles. The Balaban J connectivity index is 2.65. The highest BCUT2D eigenvalue weighted by Gasteiger charge is 2.10. The van der Waals surface area contributed by atoms with Gasteiger partial charge >= 0.3 is 5.97 Å². The summed E-state index contributed by atoms with van der Waals surface area (Å²) in [5.74, 6) is -0.887. The van der Waals surface area contributed by atoms with Gasteiger partial charge in [0, 0.05) is 11.5 Å². The number of carboxylic acids is 1. The second kappa shape index (κ2) is 3.47. The number of phenolic OH excluding ortho intramolecular Hbond substituents is 1. The van der Waals surface area contributed by atoms with E-state index in [2.05, 4.69) is 0 Å². The monoisotopic (exact) mass is 225 g/mol. The van der Waals surface area contributed by atoms with E-state index in [-0.39, 0.29) is 12.3 Å². The molecule has 0 atom stereocenters. The number of carbonyl (C=O) groups is 1. The normalized spacial score (nSPS) is 10.7. The summed E-state index contributed by atoms with van der Waals surface area (Å²) in [6.07, 6.45) is 0. The van der Waals surface area contributed by atoms with Crippen molar-refractivity contribution >= 4 is 28.5 Å². The van der Waals surface area contributed by atoms with E-state index in [9.17, 15) is 9.90 Å². The van der Waals surface area contributed by atoms with Gasteiger partial charge in [0.15, 0.2) is 0 Å². The third-order valence-corrected chi connectivity index (χ3v) is 2.44. The molecule has 0 fully saturated rings. The fourth-order valence-electron chi connectivity index (χ4n) is 1.51. The van der Waals surface area contributed by atoms with Crippen molar-refractivity contribution in [3.63, 3.8) is 0 Å². The summed E-state index contributed by atoms with van der Waals surface area (Å²) in [7, 11) is 0. The van der Waals surface area contributed by atoms with Gasteiger partial charge in [-0.3, -0.25) is 4.79 Å². The van der Waals surface area contributed by atoms with Gasteiger partial charge in [0.05, 0.1) is 5.52 Å². The van der Waals surface area contributed by atoms with Gasteiger partial charge in [0.1, 0.15) is 17.4 Å². The lowest BCUT2D eigenvalue weighted by molar-refractivity contribution is -0.137. The molecule has 0 spiro atoms. The number of phenols is 1. The zero-order valence-corrected chi connectivity index (χ0v) is 8.40. The summed E-state index contributed by atoms with van der Waals surface area (Å²) >= 11 is 5.88. The van der Waals surface area contributed by atoms with Gasteiger partial charge < -0.3 is 14.8 Å². The molecule has 2 N–H and O–H groups in total. The molecule has 1 aromatic carbocycles. The molecule has 5 heteroatoms. The number of aliphatic carboxylic acids is 1. The van der Waals surface area contributed by atoms with Gasteiger partial charge in [-0.15, -0.1) is 0 Å². The topological polar surface area (TPSA) is 62.5 Å². The Labute approximate surface area is 90.3 Å². The van der Waals surface area contributed by atoms with Crippen LogP contribution in [0.15, 0.2) is 24.3 Å². The predicted molar refractivity (Wildman–Crippen MR) is 56.2 cm³/mol. The van der Waals surface area contributed by atoms with Crippen molar-refractivity contribution in [1.82, 2.24) is 4.57 Å². The molecule has 0 unspecified atom stereocenters. The van der Waals surface area contributed by atoms with Crippen LogP contribution in [0.2, 0.25) is 5.15 Å². The first-order valence-electron chi connectivity index (χ1n) is 4.27. The molecular weight excluding hydrogens is 218 g/mol. The van der Waals surface area contributed by atoms with Gasteiger partial charge in [-0.1, -0.05) is 11.6 Å². The number of fused-ring (bicyclic) bond motifs is 1. The minimum absolute atomic E-state index is 0.0869. The molecule has 1 heterocycles. The molecule has 2 aromatic rings. The number of hydrogen-bond acceptors (Lipinski definition) is 2. The molecule has 0 amide bonds. The Kier molecular flexibility index (Phi) is 2.28. The lowest BCUT2D eigenvalue weighted by Crippen LogP contribution is -2.08. The first-order chi connectivity index (χ1) is 7.08. The van der Waals surface area contributed by atoms with Crippen LogP contribution in [-0.2, 0) is 11.3 Å². The zero-order valence-electron chi connectivity index (χ0n) is 7.64. The number of aromatic nitrogens is 1. The van der Waals surface area contributed by atoms with E-state index in [0.717, 1.165) is 5.39 Å². The number of halogens is 1. The molecule has 0 radical (unpaired) electrons. The maximum absolute atomic E-state index is 10.6. The minimum Gasteiger partial charge on any atom is -0.508 e. The average Bonchev–Trinajstić information content (AvgIpc) is 2.43. The van der Waals surface area contributed by atoms with Crippen molar-refractivity contribution in [2.75, 3.05) is 0 Å². The molecular formula is C10H8ClNO3. The van der Waals surface area contributed by atoms with E-state index in [1.165, 1.54) is 16.7 Å². The van der Waals surface area contributed by atoms with Crippen molar-refractivity contribution < 1.29 is 15.0 Å². The van der Waals surface area contributed by atoms with Crippen LogP contribution in [0.4, 0.5) is 0 Å². The van der Waals surface area contributed by atoms with E-state index >= 15 is 0 Å². The third kappa shape index (κ3) is 1.76. The van der Waals surface area contributed by atoms with Crippen molar-refractivity contribution in [1.29, 1.82) is 0 Å². The van der Waals surface area contributed by atoms with Crippen LogP contribution < -0.4 is 0 Å². The number of hydrogen-bond donors (Lipinski definition) is 2. The average molecular weight is 226 g/mol. The Morgan fingerprint density at radius 3 is 2.80 bits per heavy atom. The van der Waals surface area contributed by atoms with Crippen LogP contribution in [0.1, 0.15) is 0 Å². The summed E-state index contributed by atoms with van der Waals surface area (Å²) in [6, 6.07) is 6.38. The van der Waals surface area contributed by atoms with Gasteiger partial charge in [-0.05, 0) is 18.2 Å². The molecule has 78 valence electrons. The lowest BCUT2D eigenvalue weighted by Gasteiger charge is -2.03. The van der Waals surface area contributed by atoms with Crippen molar-refractivity contribution in [3.8, 4) is 5.75 Å². The van der Waals surface area contributed by atoms with E-state index < -0.39 is 5.97 Å². The van der Waals surface area contributed by atoms with Crippen LogP contribution in [0.3, 0.4) is 0 Å². The predicted octanol–water partition coefficient (Wildman–Crippen LogP) is 2.08. The van der Waals surface area contributed by atoms with E-state index in [0.29, 0.717) is 10.7 Å². The SMILES string of the molecule is O=C(O)Cn1c(Cl)cc2ccc(O)cc21. The molecule has 1 aromatic heterocycles. The number of aromatic hydroxyl groups is 1. The second-order valence-corrected chi connectivity index (χ2v) is 3.58. The Bertz CT molecular complexity index is 533. The number of rotatable bonds is 2. The minimum atomic E-state index is -0.974. The van der Waals surface area contributed by atoms with E-state index in [1.807, 2.05) is 0 Å². The summed E-state index contributed by atoms with van der Waals surface area (Å²) in [4.78, 5) is 10.6. The highest BCUT2D eigenvalue weighted by Crippen LogP contribution is 2.26. The zero-order chi connectivity index (χ0) is 11.0. The number of nitrogens with zero attached hydrogens (tertiary/aromatic N) is 1. The smallest absolute Gasteiger partial charge is 0.323 e. The maximum atomic E-state index is 10.6. The molecule has 0 aliphatic carbocycles. The van der Waals surface area contributed by atoms with E-state index in [1.54, 1.807) is 12.1 Å². The first kappa shape index (κ1) is 9.86. The molecule has 15 heavy (non-hydrogen) atoms. The molecule has 0 bridgehead atoms. The summed E-state index contributed by atoms with van der Waals surface area (Å²) in [5.41, 5.74) is 0.613. The third-order valence-electron chi connectivity index (χ3n) is 2.13. The fourth-order valence-corrected chi connectivity index (χ4v) is 1.77. The number of carboxylic acid groups (broad SMARTS) is 1. The Morgan fingerprint density at radius 1 is 1.40 bits per heavy atom. The van der Waals surface area contributed by atoms with Gasteiger partial charge in [-0.2, -0.15) is 0 Å². The lowest BCUT2D eigenvalue weighted by atomic mass is 10.2. The highest BCUT2D eigenvalue weighted by molar-refractivity contribution is 6.31. The van der Waals surface area contributed by atoms with Crippen molar-refractivity contribution in [3.05, 3.63) is 29.4 Å². The summed E-state index contributed by atoms with van der Waals surface area (Å²) < 4.78 is 1.43. The quantitative estimate of drug-likeness (QED) is 0.823.